The Hall–Kier alpha value is -2.27. The number of thioether (sulfide) groups is 1. The summed E-state index contributed by atoms with van der Waals surface area (Å²) in [4.78, 5) is 16.5. The first-order valence-corrected chi connectivity index (χ1v) is 8.49. The van der Waals surface area contributed by atoms with E-state index < -0.39 is 0 Å². The van der Waals surface area contributed by atoms with Gasteiger partial charge in [-0.3, -0.25) is 4.79 Å². The third-order valence-corrected chi connectivity index (χ3v) is 4.29. The number of benzene rings is 2. The Morgan fingerprint density at radius 1 is 1.17 bits per heavy atom. The molecular weight excluding hydrogens is 308 g/mol. The average Bonchev–Trinajstić information content (AvgIpc) is 2.96. The van der Waals surface area contributed by atoms with Crippen LogP contribution < -0.4 is 5.32 Å². The molecule has 3 aromatic rings. The summed E-state index contributed by atoms with van der Waals surface area (Å²) < 4.78 is 5.60. The van der Waals surface area contributed by atoms with Crippen molar-refractivity contribution in [1.82, 2.24) is 4.98 Å². The van der Waals surface area contributed by atoms with E-state index in [4.69, 9.17) is 4.42 Å². The standard InChI is InChI=1S/C18H18N2O2S/c1-12(2)13-7-3-4-8-14(13)19-17(21)11-23-18-20-15-9-5-6-10-16(15)22-18/h3-10,12H,11H2,1-2H3,(H,19,21). The van der Waals surface area contributed by atoms with E-state index in [-0.39, 0.29) is 11.7 Å². The molecule has 2 aromatic carbocycles. The molecule has 0 bridgehead atoms. The number of para-hydroxylation sites is 3. The predicted molar refractivity (Wildman–Crippen MR) is 93.9 cm³/mol. The number of nitrogens with one attached hydrogen (secondary N) is 1. The molecule has 0 aliphatic heterocycles. The van der Waals surface area contributed by atoms with Crippen molar-refractivity contribution >= 4 is 34.5 Å². The molecule has 0 saturated carbocycles. The number of anilines is 1. The summed E-state index contributed by atoms with van der Waals surface area (Å²) in [6.07, 6.45) is 0. The SMILES string of the molecule is CC(C)c1ccccc1NC(=O)CSc1nc2ccccc2o1. The number of carbonyl (C=O) groups excluding carboxylic acids is 1. The molecule has 0 aliphatic carbocycles. The maximum atomic E-state index is 12.2. The fraction of sp³-hybridized carbons (Fsp3) is 0.222. The molecule has 4 nitrogen and oxygen atoms in total. The molecule has 0 fully saturated rings. The van der Waals surface area contributed by atoms with Crippen LogP contribution in [0, 0.1) is 0 Å². The van der Waals surface area contributed by atoms with Gasteiger partial charge in [0.1, 0.15) is 5.52 Å². The van der Waals surface area contributed by atoms with Crippen LogP contribution in [-0.2, 0) is 4.79 Å². The Bertz CT molecular complexity index is 794. The van der Waals surface area contributed by atoms with Crippen molar-refractivity contribution in [1.29, 1.82) is 0 Å². The Kier molecular flexibility index (Phi) is 4.67. The Morgan fingerprint density at radius 2 is 1.91 bits per heavy atom. The minimum absolute atomic E-state index is 0.0645. The van der Waals surface area contributed by atoms with Gasteiger partial charge in [0.05, 0.1) is 5.75 Å². The molecule has 0 atom stereocenters. The van der Waals surface area contributed by atoms with E-state index in [1.165, 1.54) is 11.8 Å². The van der Waals surface area contributed by atoms with Crippen LogP contribution in [0.1, 0.15) is 25.3 Å². The largest absolute Gasteiger partial charge is 0.431 e. The number of fused-ring (bicyclic) bond motifs is 1. The van der Waals surface area contributed by atoms with Crippen LogP contribution in [0.3, 0.4) is 0 Å². The van der Waals surface area contributed by atoms with Crippen molar-refractivity contribution in [2.75, 3.05) is 11.1 Å². The van der Waals surface area contributed by atoms with Gasteiger partial charge in [0.25, 0.3) is 5.22 Å². The third kappa shape index (κ3) is 3.74. The summed E-state index contributed by atoms with van der Waals surface area (Å²) in [5, 5.41) is 3.48. The van der Waals surface area contributed by atoms with Gasteiger partial charge in [-0.2, -0.15) is 0 Å². The molecular formula is C18H18N2O2S. The number of amides is 1. The van der Waals surface area contributed by atoms with E-state index >= 15 is 0 Å². The highest BCUT2D eigenvalue weighted by atomic mass is 32.2. The van der Waals surface area contributed by atoms with E-state index in [0.717, 1.165) is 22.4 Å². The van der Waals surface area contributed by atoms with Gasteiger partial charge in [-0.05, 0) is 29.7 Å². The lowest BCUT2D eigenvalue weighted by Gasteiger charge is -2.13. The third-order valence-electron chi connectivity index (χ3n) is 3.46. The van der Waals surface area contributed by atoms with Gasteiger partial charge >= 0.3 is 0 Å². The molecule has 1 amide bonds. The quantitative estimate of drug-likeness (QED) is 0.692. The lowest BCUT2D eigenvalue weighted by Crippen LogP contribution is -2.15. The maximum Gasteiger partial charge on any atom is 0.257 e. The summed E-state index contributed by atoms with van der Waals surface area (Å²) in [6.45, 7) is 4.22. The smallest absolute Gasteiger partial charge is 0.257 e. The van der Waals surface area contributed by atoms with Crippen LogP contribution in [0.2, 0.25) is 0 Å². The molecule has 3 rings (SSSR count). The Morgan fingerprint density at radius 3 is 2.70 bits per heavy atom. The number of carbonyl (C=O) groups is 1. The highest BCUT2D eigenvalue weighted by molar-refractivity contribution is 7.99. The predicted octanol–water partition coefficient (Wildman–Crippen LogP) is 4.68. The lowest BCUT2D eigenvalue weighted by molar-refractivity contribution is -0.113. The van der Waals surface area contributed by atoms with E-state index in [9.17, 15) is 4.79 Å². The Labute approximate surface area is 139 Å². The van der Waals surface area contributed by atoms with Gasteiger partial charge in [0, 0.05) is 5.69 Å². The fourth-order valence-electron chi connectivity index (χ4n) is 2.34. The summed E-state index contributed by atoms with van der Waals surface area (Å²) in [7, 11) is 0. The molecule has 0 radical (unpaired) electrons. The van der Waals surface area contributed by atoms with Gasteiger partial charge in [-0.15, -0.1) is 0 Å². The van der Waals surface area contributed by atoms with Crippen LogP contribution in [0.25, 0.3) is 11.1 Å². The second-order valence-corrected chi connectivity index (χ2v) is 6.45. The van der Waals surface area contributed by atoms with Crippen molar-refractivity contribution in [2.24, 2.45) is 0 Å². The number of rotatable bonds is 5. The molecule has 1 heterocycles. The second-order valence-electron chi connectivity index (χ2n) is 5.53. The number of hydrogen-bond donors (Lipinski definition) is 1. The minimum Gasteiger partial charge on any atom is -0.431 e. The topological polar surface area (TPSA) is 55.1 Å². The molecule has 0 unspecified atom stereocenters. The van der Waals surface area contributed by atoms with Crippen LogP contribution in [0.4, 0.5) is 5.69 Å². The lowest BCUT2D eigenvalue weighted by atomic mass is 10.0. The highest BCUT2D eigenvalue weighted by Gasteiger charge is 2.12. The van der Waals surface area contributed by atoms with Gasteiger partial charge in [0.2, 0.25) is 5.91 Å². The monoisotopic (exact) mass is 326 g/mol. The molecule has 0 aliphatic rings. The minimum atomic E-state index is -0.0645. The van der Waals surface area contributed by atoms with Crippen LogP contribution >= 0.6 is 11.8 Å². The molecule has 0 spiro atoms. The summed E-state index contributed by atoms with van der Waals surface area (Å²) in [6, 6.07) is 15.4. The van der Waals surface area contributed by atoms with Crippen molar-refractivity contribution < 1.29 is 9.21 Å². The second kappa shape index (κ2) is 6.87. The summed E-state index contributed by atoms with van der Waals surface area (Å²) in [5.41, 5.74) is 3.54. The summed E-state index contributed by atoms with van der Waals surface area (Å²) in [5.74, 6) is 0.556. The van der Waals surface area contributed by atoms with E-state index in [0.29, 0.717) is 11.1 Å². The summed E-state index contributed by atoms with van der Waals surface area (Å²) >= 11 is 1.30. The van der Waals surface area contributed by atoms with Crippen LogP contribution in [0.15, 0.2) is 58.2 Å². The van der Waals surface area contributed by atoms with Crippen molar-refractivity contribution in [2.45, 2.75) is 25.0 Å². The van der Waals surface area contributed by atoms with Crippen molar-refractivity contribution in [3.8, 4) is 0 Å². The van der Waals surface area contributed by atoms with Gasteiger partial charge in [0.15, 0.2) is 5.58 Å². The maximum absolute atomic E-state index is 12.2. The molecule has 118 valence electrons. The van der Waals surface area contributed by atoms with E-state index in [2.05, 4.69) is 24.1 Å². The van der Waals surface area contributed by atoms with E-state index in [1.54, 1.807) is 0 Å². The number of nitrogens with zero attached hydrogens (tertiary/aromatic N) is 1. The molecule has 1 N–H and O–H groups in total. The van der Waals surface area contributed by atoms with Gasteiger partial charge in [-0.25, -0.2) is 4.98 Å². The van der Waals surface area contributed by atoms with Gasteiger partial charge in [-0.1, -0.05) is 55.9 Å². The van der Waals surface area contributed by atoms with Crippen LogP contribution in [-0.4, -0.2) is 16.6 Å². The zero-order chi connectivity index (χ0) is 16.2. The number of oxazole rings is 1. The van der Waals surface area contributed by atoms with Gasteiger partial charge < -0.3 is 9.73 Å². The van der Waals surface area contributed by atoms with E-state index in [1.807, 2.05) is 48.5 Å². The zero-order valence-corrected chi connectivity index (χ0v) is 13.9. The fourth-order valence-corrected chi connectivity index (χ4v) is 2.98. The number of hydrogen-bond acceptors (Lipinski definition) is 4. The number of aromatic nitrogens is 1. The normalized spacial score (nSPS) is 11.1. The molecule has 5 heteroatoms. The Balaban J connectivity index is 1.64. The first kappa shape index (κ1) is 15.6. The van der Waals surface area contributed by atoms with Crippen LogP contribution in [0.5, 0.6) is 0 Å². The molecule has 1 aromatic heterocycles. The molecule has 0 saturated heterocycles. The molecule has 23 heavy (non-hydrogen) atoms. The van der Waals surface area contributed by atoms with Crippen molar-refractivity contribution in [3.05, 3.63) is 54.1 Å². The highest BCUT2D eigenvalue weighted by Crippen LogP contribution is 2.25. The zero-order valence-electron chi connectivity index (χ0n) is 13.1. The average molecular weight is 326 g/mol. The first-order chi connectivity index (χ1) is 11.1. The first-order valence-electron chi connectivity index (χ1n) is 7.50. The van der Waals surface area contributed by atoms with Crippen molar-refractivity contribution in [3.63, 3.8) is 0 Å².